The van der Waals surface area contributed by atoms with Gasteiger partial charge in [0.05, 0.1) is 6.61 Å². The highest BCUT2D eigenvalue weighted by Gasteiger charge is 2.25. The average Bonchev–Trinajstić information content (AvgIpc) is 2.44. The highest BCUT2D eigenvalue weighted by molar-refractivity contribution is 5.75. The topological polar surface area (TPSA) is 78.4 Å². The maximum Gasteiger partial charge on any atom is 0.220 e. The summed E-state index contributed by atoms with van der Waals surface area (Å²) < 4.78 is 0. The molecule has 0 fully saturated rings. The Hall–Kier alpha value is -1.10. The molecule has 0 heterocycles. The fourth-order valence-electron chi connectivity index (χ4n) is 2.01. The molecule has 0 aliphatic rings. The first-order valence-corrected chi connectivity index (χ1v) is 7.61. The zero-order valence-corrected chi connectivity index (χ0v) is 13.1. The van der Waals surface area contributed by atoms with Crippen molar-refractivity contribution in [1.29, 1.82) is 0 Å². The van der Waals surface area contributed by atoms with Crippen LogP contribution in [0.15, 0.2) is 0 Å². The molecule has 0 aromatic rings. The van der Waals surface area contributed by atoms with Crippen LogP contribution in [0.4, 0.5) is 0 Å². The normalized spacial score (nSPS) is 11.2. The van der Waals surface area contributed by atoms with E-state index in [1.165, 1.54) is 6.92 Å². The highest BCUT2D eigenvalue weighted by Crippen LogP contribution is 2.24. The van der Waals surface area contributed by atoms with Crippen molar-refractivity contribution in [2.75, 3.05) is 19.7 Å². The van der Waals surface area contributed by atoms with Crippen LogP contribution in [0.3, 0.4) is 0 Å². The maximum atomic E-state index is 11.7. The number of aliphatic hydroxyl groups is 1. The minimum Gasteiger partial charge on any atom is -0.396 e. The number of carbonyl (C=O) groups is 2. The summed E-state index contributed by atoms with van der Waals surface area (Å²) in [7, 11) is 0. The van der Waals surface area contributed by atoms with E-state index in [9.17, 15) is 14.7 Å². The molecule has 5 nitrogen and oxygen atoms in total. The number of hydrogen-bond donors (Lipinski definition) is 3. The van der Waals surface area contributed by atoms with Gasteiger partial charge in [0.15, 0.2) is 0 Å². The van der Waals surface area contributed by atoms with Gasteiger partial charge in [-0.2, -0.15) is 0 Å². The second-order valence-corrected chi connectivity index (χ2v) is 5.44. The molecule has 3 N–H and O–H groups in total. The summed E-state index contributed by atoms with van der Waals surface area (Å²) in [5, 5.41) is 15.1. The van der Waals surface area contributed by atoms with Crippen molar-refractivity contribution in [2.45, 2.75) is 59.3 Å². The van der Waals surface area contributed by atoms with Crippen LogP contribution < -0.4 is 10.6 Å². The van der Waals surface area contributed by atoms with E-state index in [2.05, 4.69) is 10.6 Å². The molecule has 0 unspecified atom stereocenters. The summed E-state index contributed by atoms with van der Waals surface area (Å²) in [6.45, 7) is 6.90. The number of amides is 2. The summed E-state index contributed by atoms with van der Waals surface area (Å²) >= 11 is 0. The third-order valence-electron chi connectivity index (χ3n) is 3.95. The lowest BCUT2D eigenvalue weighted by Crippen LogP contribution is -2.39. The van der Waals surface area contributed by atoms with E-state index < -0.39 is 0 Å². The largest absolute Gasteiger partial charge is 0.396 e. The van der Waals surface area contributed by atoms with Gasteiger partial charge in [0.1, 0.15) is 0 Å². The Kier molecular flexibility index (Phi) is 10.1. The predicted octanol–water partition coefficient (Wildman–Crippen LogP) is 1.60. The van der Waals surface area contributed by atoms with Gasteiger partial charge in [-0.05, 0) is 25.7 Å². The Morgan fingerprint density at radius 3 is 2.20 bits per heavy atom. The molecule has 0 rings (SSSR count). The molecule has 0 bridgehead atoms. The maximum absolute atomic E-state index is 11.7. The smallest absolute Gasteiger partial charge is 0.220 e. The number of carbonyl (C=O) groups excluding carboxylic acids is 2. The van der Waals surface area contributed by atoms with Gasteiger partial charge in [-0.15, -0.1) is 0 Å². The van der Waals surface area contributed by atoms with Crippen LogP contribution >= 0.6 is 0 Å². The van der Waals surface area contributed by atoms with Crippen molar-refractivity contribution in [3.8, 4) is 0 Å². The average molecular weight is 286 g/mol. The zero-order chi connectivity index (χ0) is 15.4. The van der Waals surface area contributed by atoms with E-state index in [1.54, 1.807) is 0 Å². The SMILES string of the molecule is CCC(CC)(CO)CNC(=O)CCCCCNC(C)=O. The minimum absolute atomic E-state index is 0.0118. The van der Waals surface area contributed by atoms with Crippen molar-refractivity contribution in [3.63, 3.8) is 0 Å². The summed E-state index contributed by atoms with van der Waals surface area (Å²) in [5.74, 6) is 0.0338. The van der Waals surface area contributed by atoms with Crippen LogP contribution in [0.2, 0.25) is 0 Å². The number of hydrogen-bond acceptors (Lipinski definition) is 3. The van der Waals surface area contributed by atoms with Gasteiger partial charge < -0.3 is 15.7 Å². The molecular weight excluding hydrogens is 256 g/mol. The Bertz CT molecular complexity index is 281. The molecule has 0 saturated carbocycles. The van der Waals surface area contributed by atoms with Crippen LogP contribution in [-0.2, 0) is 9.59 Å². The fraction of sp³-hybridized carbons (Fsp3) is 0.867. The first kappa shape index (κ1) is 18.9. The summed E-state index contributed by atoms with van der Waals surface area (Å²) in [6, 6.07) is 0. The molecule has 5 heteroatoms. The van der Waals surface area contributed by atoms with E-state index in [0.717, 1.165) is 32.1 Å². The Balaban J connectivity index is 3.71. The van der Waals surface area contributed by atoms with E-state index in [0.29, 0.717) is 19.5 Å². The minimum atomic E-state index is -0.179. The van der Waals surface area contributed by atoms with Gasteiger partial charge in [-0.1, -0.05) is 20.3 Å². The molecule has 20 heavy (non-hydrogen) atoms. The van der Waals surface area contributed by atoms with Gasteiger partial charge in [0, 0.05) is 31.8 Å². The monoisotopic (exact) mass is 286 g/mol. The molecule has 0 spiro atoms. The lowest BCUT2D eigenvalue weighted by molar-refractivity contribution is -0.122. The number of unbranched alkanes of at least 4 members (excludes halogenated alkanes) is 2. The Morgan fingerprint density at radius 1 is 1.05 bits per heavy atom. The Morgan fingerprint density at radius 2 is 1.70 bits per heavy atom. The quantitative estimate of drug-likeness (QED) is 0.505. The first-order valence-electron chi connectivity index (χ1n) is 7.61. The molecule has 2 amide bonds. The zero-order valence-electron chi connectivity index (χ0n) is 13.1. The molecule has 0 aliphatic carbocycles. The molecule has 0 saturated heterocycles. The molecule has 118 valence electrons. The standard InChI is InChI=1S/C15H30N2O3/c1-4-15(5-2,12-18)11-17-14(20)9-7-6-8-10-16-13(3)19/h18H,4-12H2,1-3H3,(H,16,19)(H,17,20). The molecule has 0 aromatic carbocycles. The molecule has 0 aliphatic heterocycles. The summed E-state index contributed by atoms with van der Waals surface area (Å²) in [6.07, 6.45) is 4.89. The molecule has 0 radical (unpaired) electrons. The molecule has 0 aromatic heterocycles. The fourth-order valence-corrected chi connectivity index (χ4v) is 2.01. The summed E-state index contributed by atoms with van der Waals surface area (Å²) in [4.78, 5) is 22.4. The third-order valence-corrected chi connectivity index (χ3v) is 3.95. The van der Waals surface area contributed by atoms with Crippen molar-refractivity contribution in [2.24, 2.45) is 5.41 Å². The summed E-state index contributed by atoms with van der Waals surface area (Å²) in [5.41, 5.74) is -0.179. The number of aliphatic hydroxyl groups excluding tert-OH is 1. The Labute approximate surface area is 122 Å². The number of nitrogens with one attached hydrogen (secondary N) is 2. The van der Waals surface area contributed by atoms with E-state index >= 15 is 0 Å². The van der Waals surface area contributed by atoms with Crippen molar-refractivity contribution in [1.82, 2.24) is 10.6 Å². The van der Waals surface area contributed by atoms with Gasteiger partial charge in [-0.3, -0.25) is 9.59 Å². The van der Waals surface area contributed by atoms with E-state index in [1.807, 2.05) is 13.8 Å². The van der Waals surface area contributed by atoms with Crippen LogP contribution in [0.25, 0.3) is 0 Å². The van der Waals surface area contributed by atoms with Crippen molar-refractivity contribution >= 4 is 11.8 Å². The van der Waals surface area contributed by atoms with Gasteiger partial charge in [0.25, 0.3) is 0 Å². The van der Waals surface area contributed by atoms with Crippen LogP contribution in [0.1, 0.15) is 59.3 Å². The van der Waals surface area contributed by atoms with Gasteiger partial charge >= 0.3 is 0 Å². The second kappa shape index (κ2) is 10.7. The molecular formula is C15H30N2O3. The lowest BCUT2D eigenvalue weighted by Gasteiger charge is -2.29. The van der Waals surface area contributed by atoms with Crippen molar-refractivity contribution in [3.05, 3.63) is 0 Å². The highest BCUT2D eigenvalue weighted by atomic mass is 16.3. The number of rotatable bonds is 11. The lowest BCUT2D eigenvalue weighted by atomic mass is 9.83. The van der Waals surface area contributed by atoms with E-state index in [-0.39, 0.29) is 23.8 Å². The van der Waals surface area contributed by atoms with Crippen LogP contribution in [0, 0.1) is 5.41 Å². The van der Waals surface area contributed by atoms with Gasteiger partial charge in [-0.25, -0.2) is 0 Å². The van der Waals surface area contributed by atoms with Crippen LogP contribution in [-0.4, -0.2) is 36.6 Å². The second-order valence-electron chi connectivity index (χ2n) is 5.44. The third kappa shape index (κ3) is 8.15. The molecule has 0 atom stereocenters. The van der Waals surface area contributed by atoms with E-state index in [4.69, 9.17) is 0 Å². The van der Waals surface area contributed by atoms with Crippen molar-refractivity contribution < 1.29 is 14.7 Å². The van der Waals surface area contributed by atoms with Gasteiger partial charge in [0.2, 0.25) is 11.8 Å². The first-order chi connectivity index (χ1) is 9.49. The van der Waals surface area contributed by atoms with Crippen LogP contribution in [0.5, 0.6) is 0 Å². The predicted molar refractivity (Wildman–Crippen MR) is 80.3 cm³/mol.